The summed E-state index contributed by atoms with van der Waals surface area (Å²) >= 11 is 0. The molecule has 9 heteroatoms. The van der Waals surface area contributed by atoms with E-state index in [-0.39, 0.29) is 24.7 Å². The minimum atomic E-state index is -1.27. The van der Waals surface area contributed by atoms with Crippen LogP contribution in [0.2, 0.25) is 0 Å². The molecule has 0 saturated heterocycles. The molecule has 9 nitrogen and oxygen atoms in total. The molecule has 0 saturated carbocycles. The highest BCUT2D eigenvalue weighted by atomic mass is 16.5. The van der Waals surface area contributed by atoms with E-state index in [1.165, 1.54) is 13.1 Å². The predicted molar refractivity (Wildman–Crippen MR) is 85.9 cm³/mol. The molecule has 1 amide bonds. The summed E-state index contributed by atoms with van der Waals surface area (Å²) in [6.45, 7) is 12.5. The molecule has 0 aliphatic heterocycles. The molecule has 0 spiro atoms. The number of nitrogens with one attached hydrogen (secondary N) is 1. The van der Waals surface area contributed by atoms with Gasteiger partial charge >= 0.3 is 17.9 Å². The van der Waals surface area contributed by atoms with Gasteiger partial charge in [-0.1, -0.05) is 19.7 Å². The third-order valence-electron chi connectivity index (χ3n) is 1.65. The Labute approximate surface area is 139 Å². The minimum absolute atomic E-state index is 0.0473. The van der Waals surface area contributed by atoms with Gasteiger partial charge in [0.1, 0.15) is 6.61 Å². The number of aliphatic carboxylic acids is 2. The lowest BCUT2D eigenvalue weighted by Crippen LogP contribution is -2.10. The number of amides is 1. The summed E-state index contributed by atoms with van der Waals surface area (Å²) in [6, 6.07) is 0. The van der Waals surface area contributed by atoms with E-state index in [1.54, 1.807) is 6.92 Å². The lowest BCUT2D eigenvalue weighted by molar-refractivity contribution is -0.140. The summed E-state index contributed by atoms with van der Waals surface area (Å²) < 4.78 is 4.46. The van der Waals surface area contributed by atoms with Crippen LogP contribution in [0.3, 0.4) is 0 Å². The molecule has 4 N–H and O–H groups in total. The van der Waals surface area contributed by atoms with Gasteiger partial charge in [0.2, 0.25) is 5.91 Å². The second-order valence-electron chi connectivity index (χ2n) is 4.02. The molecule has 0 aliphatic rings. The van der Waals surface area contributed by atoms with E-state index in [4.69, 9.17) is 15.3 Å². The maximum absolute atomic E-state index is 10.5. The van der Waals surface area contributed by atoms with Crippen molar-refractivity contribution in [2.45, 2.75) is 20.3 Å². The fourth-order valence-corrected chi connectivity index (χ4v) is 0.663. The molecular formula is C15H23NO8. The van der Waals surface area contributed by atoms with Crippen LogP contribution in [0.25, 0.3) is 0 Å². The maximum Gasteiger partial charge on any atom is 0.333 e. The highest BCUT2D eigenvalue weighted by Crippen LogP contribution is 1.95. The number of carbonyl (C=O) groups excluding carboxylic acids is 2. The second-order valence-corrected chi connectivity index (χ2v) is 4.02. The number of aliphatic hydroxyl groups is 1. The van der Waals surface area contributed by atoms with Gasteiger partial charge in [0.25, 0.3) is 0 Å². The number of hydrogen-bond donors (Lipinski definition) is 4. The molecule has 136 valence electrons. The van der Waals surface area contributed by atoms with Gasteiger partial charge in [-0.15, -0.1) is 0 Å². The molecule has 0 rings (SSSR count). The number of ether oxygens (including phenoxy) is 1. The Morgan fingerprint density at radius 1 is 1.12 bits per heavy atom. The Balaban J connectivity index is -0.000000282. The van der Waals surface area contributed by atoms with Crippen LogP contribution in [0.5, 0.6) is 0 Å². The van der Waals surface area contributed by atoms with Gasteiger partial charge in [0, 0.05) is 18.1 Å². The summed E-state index contributed by atoms with van der Waals surface area (Å²) in [7, 11) is 0. The SMILES string of the molecule is C=C(C)C(=O)OCCO.C=C(CC(=O)O)C(=O)O.C=CNC(C)=O. The van der Waals surface area contributed by atoms with Gasteiger partial charge in [-0.05, 0) is 13.1 Å². The van der Waals surface area contributed by atoms with Gasteiger partial charge in [-0.2, -0.15) is 0 Å². The lowest BCUT2D eigenvalue weighted by atomic mass is 10.2. The molecule has 0 fully saturated rings. The van der Waals surface area contributed by atoms with Crippen molar-refractivity contribution in [3.05, 3.63) is 37.1 Å². The van der Waals surface area contributed by atoms with Crippen molar-refractivity contribution in [1.29, 1.82) is 0 Å². The molecule has 0 radical (unpaired) electrons. The van der Waals surface area contributed by atoms with E-state index in [1.807, 2.05) is 0 Å². The Kier molecular flexibility index (Phi) is 17.8. The standard InChI is InChI=1S/C6H10O3.C5H6O4.C4H7NO/c1-5(2)6(8)9-4-3-7;1-3(5(8)9)2-4(6)7;1-3-5-4(2)6/h7H,1,3-4H2,2H3;1-2H2,(H,6,7)(H,8,9);3H,1H2,2H3,(H,5,6). The number of carboxylic acid groups (broad SMARTS) is 2. The van der Waals surface area contributed by atoms with E-state index in [2.05, 4.69) is 29.8 Å². The Morgan fingerprint density at radius 2 is 1.62 bits per heavy atom. The van der Waals surface area contributed by atoms with Crippen LogP contribution >= 0.6 is 0 Å². The fourth-order valence-electron chi connectivity index (χ4n) is 0.663. The number of carbonyl (C=O) groups is 4. The van der Waals surface area contributed by atoms with Crippen molar-refractivity contribution in [3.63, 3.8) is 0 Å². The van der Waals surface area contributed by atoms with Crippen LogP contribution in [0.4, 0.5) is 0 Å². The van der Waals surface area contributed by atoms with Crippen LogP contribution in [-0.4, -0.2) is 52.3 Å². The summed E-state index contributed by atoms with van der Waals surface area (Å²) in [6.07, 6.45) is 0.845. The quantitative estimate of drug-likeness (QED) is 0.384. The van der Waals surface area contributed by atoms with E-state index in [0.717, 1.165) is 0 Å². The first-order valence-electron chi connectivity index (χ1n) is 6.43. The zero-order valence-corrected chi connectivity index (χ0v) is 13.7. The van der Waals surface area contributed by atoms with Crippen molar-refractivity contribution in [1.82, 2.24) is 5.32 Å². The van der Waals surface area contributed by atoms with Crippen LogP contribution in [0.15, 0.2) is 37.1 Å². The van der Waals surface area contributed by atoms with Crippen molar-refractivity contribution in [3.8, 4) is 0 Å². The summed E-state index contributed by atoms with van der Waals surface area (Å²) in [5, 5.41) is 26.6. The number of aliphatic hydroxyl groups excluding tert-OH is 1. The molecule has 0 atom stereocenters. The first-order valence-corrected chi connectivity index (χ1v) is 6.43. The first-order chi connectivity index (χ1) is 11.0. The van der Waals surface area contributed by atoms with Gasteiger partial charge in [-0.25, -0.2) is 9.59 Å². The Morgan fingerprint density at radius 3 is 1.79 bits per heavy atom. The molecule has 0 heterocycles. The third kappa shape index (κ3) is 24.1. The van der Waals surface area contributed by atoms with Crippen LogP contribution in [-0.2, 0) is 23.9 Å². The van der Waals surface area contributed by atoms with Gasteiger partial charge in [0.15, 0.2) is 0 Å². The zero-order valence-electron chi connectivity index (χ0n) is 13.7. The van der Waals surface area contributed by atoms with Gasteiger partial charge in [0.05, 0.1) is 13.0 Å². The van der Waals surface area contributed by atoms with Gasteiger partial charge in [-0.3, -0.25) is 9.59 Å². The van der Waals surface area contributed by atoms with Crippen molar-refractivity contribution in [2.75, 3.05) is 13.2 Å². The summed E-state index contributed by atoms with van der Waals surface area (Å²) in [4.78, 5) is 40.0. The first kappa shape index (κ1) is 26.0. The summed E-state index contributed by atoms with van der Waals surface area (Å²) in [5.41, 5.74) is 0.0472. The van der Waals surface area contributed by atoms with E-state index in [9.17, 15) is 19.2 Å². The minimum Gasteiger partial charge on any atom is -0.481 e. The Bertz CT molecular complexity index is 482. The predicted octanol–water partition coefficient (Wildman–Crippen LogP) is 0.466. The number of hydrogen-bond acceptors (Lipinski definition) is 6. The van der Waals surface area contributed by atoms with Crippen molar-refractivity contribution < 1.29 is 39.2 Å². The monoisotopic (exact) mass is 345 g/mol. The molecule has 0 aromatic rings. The van der Waals surface area contributed by atoms with E-state index in [0.29, 0.717) is 5.57 Å². The van der Waals surface area contributed by atoms with Crippen LogP contribution in [0, 0.1) is 0 Å². The van der Waals surface area contributed by atoms with Crippen LogP contribution in [0.1, 0.15) is 20.3 Å². The highest BCUT2D eigenvalue weighted by Gasteiger charge is 2.07. The molecule has 0 aliphatic carbocycles. The number of rotatable bonds is 7. The normalized spacial score (nSPS) is 8.12. The molecule has 24 heavy (non-hydrogen) atoms. The molecule has 0 aromatic heterocycles. The average molecular weight is 345 g/mol. The van der Waals surface area contributed by atoms with E-state index < -0.39 is 24.3 Å². The second kappa shape index (κ2) is 16.4. The lowest BCUT2D eigenvalue weighted by Gasteiger charge is -1.99. The average Bonchev–Trinajstić information content (AvgIpc) is 2.44. The smallest absolute Gasteiger partial charge is 0.333 e. The van der Waals surface area contributed by atoms with Crippen LogP contribution < -0.4 is 5.32 Å². The molecule has 0 unspecified atom stereocenters. The largest absolute Gasteiger partial charge is 0.481 e. The van der Waals surface area contributed by atoms with Crippen molar-refractivity contribution >= 4 is 23.8 Å². The number of carboxylic acids is 2. The van der Waals surface area contributed by atoms with E-state index >= 15 is 0 Å². The third-order valence-corrected chi connectivity index (χ3v) is 1.65. The fraction of sp³-hybridized carbons (Fsp3) is 0.333. The Hall–Kier alpha value is -2.94. The maximum atomic E-state index is 10.5. The van der Waals surface area contributed by atoms with Crippen molar-refractivity contribution in [2.24, 2.45) is 0 Å². The topological polar surface area (TPSA) is 150 Å². The zero-order chi connectivity index (χ0) is 19.7. The molecular weight excluding hydrogens is 322 g/mol. The van der Waals surface area contributed by atoms with Gasteiger partial charge < -0.3 is 25.4 Å². The number of esters is 1. The summed E-state index contributed by atoms with van der Waals surface area (Å²) in [5.74, 6) is -2.98. The highest BCUT2D eigenvalue weighted by molar-refractivity contribution is 5.91. The molecule has 0 aromatic carbocycles. The molecule has 0 bridgehead atoms.